The summed E-state index contributed by atoms with van der Waals surface area (Å²) in [6, 6.07) is 9.32. The van der Waals surface area contributed by atoms with Crippen molar-refractivity contribution in [3.63, 3.8) is 0 Å². The van der Waals surface area contributed by atoms with Crippen molar-refractivity contribution in [2.24, 2.45) is 0 Å². The van der Waals surface area contributed by atoms with Crippen molar-refractivity contribution in [1.82, 2.24) is 10.5 Å². The van der Waals surface area contributed by atoms with Gasteiger partial charge in [0.25, 0.3) is 0 Å². The number of benzene rings is 1. The van der Waals surface area contributed by atoms with Gasteiger partial charge < -0.3 is 9.84 Å². The zero-order chi connectivity index (χ0) is 14.7. The largest absolute Gasteiger partial charge is 0.361 e. The molecule has 0 spiro atoms. The Kier molecular flexibility index (Phi) is 4.61. The minimum atomic E-state index is 0.229. The number of hydrogen-bond acceptors (Lipinski definition) is 3. The van der Waals surface area contributed by atoms with Gasteiger partial charge in [-0.15, -0.1) is 0 Å². The monoisotopic (exact) mass is 272 g/mol. The molecule has 1 N–H and O–H groups in total. The van der Waals surface area contributed by atoms with Gasteiger partial charge in [0.1, 0.15) is 5.76 Å². The SMILES string of the molecule is CCC(NC(C)c1c(C)noc1C)c1ccc(C)cc1. The lowest BCUT2D eigenvalue weighted by Crippen LogP contribution is -2.25. The number of nitrogens with one attached hydrogen (secondary N) is 1. The van der Waals surface area contributed by atoms with Crippen molar-refractivity contribution in [2.45, 2.75) is 53.1 Å². The topological polar surface area (TPSA) is 38.1 Å². The molecule has 0 fully saturated rings. The number of aryl methyl sites for hydroxylation is 3. The first-order chi connectivity index (χ1) is 9.52. The summed E-state index contributed by atoms with van der Waals surface area (Å²) in [5, 5.41) is 7.73. The van der Waals surface area contributed by atoms with Crippen molar-refractivity contribution in [3.8, 4) is 0 Å². The number of hydrogen-bond donors (Lipinski definition) is 1. The van der Waals surface area contributed by atoms with Gasteiger partial charge in [0, 0.05) is 17.6 Å². The first kappa shape index (κ1) is 14.8. The number of nitrogens with zero attached hydrogens (tertiary/aromatic N) is 1. The maximum Gasteiger partial charge on any atom is 0.138 e. The Labute approximate surface area is 121 Å². The summed E-state index contributed by atoms with van der Waals surface area (Å²) in [7, 11) is 0. The molecular formula is C17H24N2O. The van der Waals surface area contributed by atoms with Crippen LogP contribution in [0.4, 0.5) is 0 Å². The van der Waals surface area contributed by atoms with Crippen LogP contribution in [0.15, 0.2) is 28.8 Å². The predicted molar refractivity (Wildman–Crippen MR) is 81.7 cm³/mol. The van der Waals surface area contributed by atoms with Crippen molar-refractivity contribution >= 4 is 0 Å². The van der Waals surface area contributed by atoms with Gasteiger partial charge in [0.2, 0.25) is 0 Å². The maximum atomic E-state index is 5.26. The van der Waals surface area contributed by atoms with E-state index in [4.69, 9.17) is 4.52 Å². The molecule has 0 aliphatic carbocycles. The number of rotatable bonds is 5. The van der Waals surface area contributed by atoms with Crippen LogP contribution in [0.2, 0.25) is 0 Å². The van der Waals surface area contributed by atoms with E-state index in [9.17, 15) is 0 Å². The molecule has 108 valence electrons. The Morgan fingerprint density at radius 2 is 1.80 bits per heavy atom. The predicted octanol–water partition coefficient (Wildman–Crippen LogP) is 4.40. The molecule has 0 aliphatic heterocycles. The van der Waals surface area contributed by atoms with E-state index in [1.807, 2.05) is 13.8 Å². The van der Waals surface area contributed by atoms with Crippen LogP contribution in [0.3, 0.4) is 0 Å². The lowest BCUT2D eigenvalue weighted by molar-refractivity contribution is 0.388. The van der Waals surface area contributed by atoms with Crippen LogP contribution in [-0.4, -0.2) is 5.16 Å². The summed E-state index contributed by atoms with van der Waals surface area (Å²) < 4.78 is 5.26. The van der Waals surface area contributed by atoms with Crippen LogP contribution in [0.1, 0.15) is 60.5 Å². The molecule has 0 saturated carbocycles. The van der Waals surface area contributed by atoms with Crippen LogP contribution >= 0.6 is 0 Å². The first-order valence-electron chi connectivity index (χ1n) is 7.28. The Morgan fingerprint density at radius 3 is 2.30 bits per heavy atom. The van der Waals surface area contributed by atoms with Crippen LogP contribution in [0.5, 0.6) is 0 Å². The summed E-state index contributed by atoms with van der Waals surface area (Å²) in [6.07, 6.45) is 1.05. The highest BCUT2D eigenvalue weighted by atomic mass is 16.5. The molecule has 1 aromatic carbocycles. The molecule has 0 saturated heterocycles. The Morgan fingerprint density at radius 1 is 1.15 bits per heavy atom. The molecule has 3 heteroatoms. The van der Waals surface area contributed by atoms with E-state index in [-0.39, 0.29) is 6.04 Å². The molecule has 0 aliphatic rings. The fraction of sp³-hybridized carbons (Fsp3) is 0.471. The lowest BCUT2D eigenvalue weighted by Gasteiger charge is -2.23. The van der Waals surface area contributed by atoms with Crippen LogP contribution < -0.4 is 5.32 Å². The Hall–Kier alpha value is -1.61. The molecule has 0 bridgehead atoms. The average molecular weight is 272 g/mol. The third-order valence-corrected chi connectivity index (χ3v) is 3.86. The highest BCUT2D eigenvalue weighted by Crippen LogP contribution is 2.26. The highest BCUT2D eigenvalue weighted by Gasteiger charge is 2.19. The van der Waals surface area contributed by atoms with E-state index < -0.39 is 0 Å². The van der Waals surface area contributed by atoms with Crippen LogP contribution in [-0.2, 0) is 0 Å². The fourth-order valence-corrected chi connectivity index (χ4v) is 2.74. The molecule has 2 atom stereocenters. The molecule has 2 unspecified atom stereocenters. The van der Waals surface area contributed by atoms with E-state index in [0.29, 0.717) is 6.04 Å². The summed E-state index contributed by atoms with van der Waals surface area (Å²) in [5.74, 6) is 0.904. The van der Waals surface area contributed by atoms with Gasteiger partial charge in [-0.05, 0) is 39.7 Å². The summed E-state index contributed by atoms with van der Waals surface area (Å²) in [4.78, 5) is 0. The van der Waals surface area contributed by atoms with E-state index in [1.165, 1.54) is 16.7 Å². The van der Waals surface area contributed by atoms with Gasteiger partial charge in [0.15, 0.2) is 0 Å². The zero-order valence-electron chi connectivity index (χ0n) is 13.0. The quantitative estimate of drug-likeness (QED) is 0.876. The van der Waals surface area contributed by atoms with Crippen molar-refractivity contribution in [2.75, 3.05) is 0 Å². The molecule has 1 heterocycles. The van der Waals surface area contributed by atoms with E-state index in [0.717, 1.165) is 17.9 Å². The Bertz CT molecular complexity index is 537. The van der Waals surface area contributed by atoms with Gasteiger partial charge in [-0.25, -0.2) is 0 Å². The van der Waals surface area contributed by atoms with Crippen LogP contribution in [0, 0.1) is 20.8 Å². The summed E-state index contributed by atoms with van der Waals surface area (Å²) in [6.45, 7) is 10.5. The molecule has 2 rings (SSSR count). The van der Waals surface area contributed by atoms with Crippen LogP contribution in [0.25, 0.3) is 0 Å². The van der Waals surface area contributed by atoms with E-state index in [1.54, 1.807) is 0 Å². The molecule has 1 aromatic heterocycles. The second kappa shape index (κ2) is 6.23. The molecule has 0 amide bonds. The van der Waals surface area contributed by atoms with Crippen molar-refractivity contribution in [3.05, 3.63) is 52.4 Å². The molecule has 2 aromatic rings. The minimum absolute atomic E-state index is 0.229. The minimum Gasteiger partial charge on any atom is -0.361 e. The standard InChI is InChI=1S/C17H24N2O/c1-6-16(15-9-7-11(2)8-10-15)18-12(3)17-13(4)19-20-14(17)5/h7-10,12,16,18H,6H2,1-5H3. The fourth-order valence-electron chi connectivity index (χ4n) is 2.74. The third-order valence-electron chi connectivity index (χ3n) is 3.86. The third kappa shape index (κ3) is 3.10. The zero-order valence-corrected chi connectivity index (χ0v) is 13.0. The van der Waals surface area contributed by atoms with Gasteiger partial charge in [0.05, 0.1) is 5.69 Å². The smallest absolute Gasteiger partial charge is 0.138 e. The number of aromatic nitrogens is 1. The molecule has 20 heavy (non-hydrogen) atoms. The molecule has 0 radical (unpaired) electrons. The first-order valence-corrected chi connectivity index (χ1v) is 7.28. The Balaban J connectivity index is 2.16. The van der Waals surface area contributed by atoms with Gasteiger partial charge in [-0.1, -0.05) is 41.9 Å². The van der Waals surface area contributed by atoms with Crippen molar-refractivity contribution < 1.29 is 4.52 Å². The lowest BCUT2D eigenvalue weighted by atomic mass is 10.00. The van der Waals surface area contributed by atoms with Gasteiger partial charge in [-0.2, -0.15) is 0 Å². The van der Waals surface area contributed by atoms with E-state index >= 15 is 0 Å². The normalized spacial score (nSPS) is 14.2. The second-order valence-corrected chi connectivity index (χ2v) is 5.50. The summed E-state index contributed by atoms with van der Waals surface area (Å²) in [5.41, 5.74) is 4.77. The molecular weight excluding hydrogens is 248 g/mol. The molecule has 3 nitrogen and oxygen atoms in total. The van der Waals surface area contributed by atoms with Gasteiger partial charge in [-0.3, -0.25) is 0 Å². The van der Waals surface area contributed by atoms with E-state index in [2.05, 4.69) is 55.5 Å². The second-order valence-electron chi connectivity index (χ2n) is 5.50. The highest BCUT2D eigenvalue weighted by molar-refractivity contribution is 5.27. The maximum absolute atomic E-state index is 5.26. The summed E-state index contributed by atoms with van der Waals surface area (Å²) >= 11 is 0. The van der Waals surface area contributed by atoms with Crippen molar-refractivity contribution in [1.29, 1.82) is 0 Å². The van der Waals surface area contributed by atoms with Gasteiger partial charge >= 0.3 is 0 Å². The average Bonchev–Trinajstić information content (AvgIpc) is 2.76.